The smallest absolute Gasteiger partial charge is 0.405 e. The molecule has 2 aliphatic rings. The lowest BCUT2D eigenvalue weighted by Gasteiger charge is -2.30. The highest BCUT2D eigenvalue weighted by molar-refractivity contribution is 6.23. The first-order valence-corrected chi connectivity index (χ1v) is 14.7. The molecule has 0 spiro atoms. The van der Waals surface area contributed by atoms with E-state index in [1.165, 1.54) is 20.3 Å². The number of hydrogen-bond donors (Lipinski definition) is 4. The fourth-order valence-electron chi connectivity index (χ4n) is 5.18. The number of rotatable bonds is 7. The van der Waals surface area contributed by atoms with E-state index >= 15 is 0 Å². The second-order valence-corrected chi connectivity index (χ2v) is 11.7. The van der Waals surface area contributed by atoms with Gasteiger partial charge in [-0.25, -0.2) is 4.79 Å². The number of fused-ring (bicyclic) bond motifs is 2. The minimum atomic E-state index is -0.997. The molecule has 0 saturated heterocycles. The van der Waals surface area contributed by atoms with E-state index in [0.717, 1.165) is 6.08 Å². The number of ketones is 2. The maximum Gasteiger partial charge on any atom is 0.405 e. The summed E-state index contributed by atoms with van der Waals surface area (Å²) in [5, 5.41) is 17.0. The van der Waals surface area contributed by atoms with Gasteiger partial charge in [-0.2, -0.15) is 0 Å². The molecule has 0 unspecified atom stereocenters. The summed E-state index contributed by atoms with van der Waals surface area (Å²) in [4.78, 5) is 53.7. The fraction of sp³-hybridized carbons (Fsp3) is 0.562. The number of nitrogens with zero attached hydrogens (tertiary/aromatic N) is 1. The van der Waals surface area contributed by atoms with Crippen LogP contribution in [0.5, 0.6) is 0 Å². The molecular formula is C32H48N4O8. The highest BCUT2D eigenvalue weighted by Crippen LogP contribution is 2.28. The number of allylic oxidation sites excluding steroid dienone is 4. The Balaban J connectivity index is 2.60. The minimum absolute atomic E-state index is 0.114. The summed E-state index contributed by atoms with van der Waals surface area (Å²) in [6, 6.07) is 0. The Morgan fingerprint density at radius 2 is 1.84 bits per heavy atom. The van der Waals surface area contributed by atoms with Gasteiger partial charge in [0.15, 0.2) is 6.10 Å². The Morgan fingerprint density at radius 1 is 1.16 bits per heavy atom. The average molecular weight is 617 g/mol. The highest BCUT2D eigenvalue weighted by atomic mass is 16.6. The lowest BCUT2D eigenvalue weighted by molar-refractivity contribution is -0.120. The molecule has 2 bridgehead atoms. The number of methoxy groups -OCH3 is 2. The Labute approximate surface area is 260 Å². The number of amides is 2. The first-order chi connectivity index (χ1) is 20.7. The molecule has 12 nitrogen and oxygen atoms in total. The molecule has 0 radical (unpaired) electrons. The standard InChI is InChI=1S/C32H48N4O8/c1-18-14-22-27(34-12-13-36(5)6)24(37)17-23(29(22)39)35-31(40)19(2)10-9-11-25(42-7)30(44-32(33)41)21(4)16-20(3)28(38)26(15-18)43-8/h9-11,16-18,20,25-26,28,30,34,38H,12-15H2,1-8H3,(H2,33,41)(H,35,40)/b11-9-,19-10-,21-16+/t18-,20-,25-,26-,28+,30-/m0/s1. The first-order valence-electron chi connectivity index (χ1n) is 14.7. The molecule has 0 aromatic carbocycles. The van der Waals surface area contributed by atoms with Crippen molar-refractivity contribution < 1.29 is 38.5 Å². The van der Waals surface area contributed by atoms with Crippen molar-refractivity contribution in [1.29, 1.82) is 0 Å². The number of aliphatic hydroxyl groups is 1. The van der Waals surface area contributed by atoms with Crippen LogP contribution in [0.3, 0.4) is 0 Å². The third kappa shape index (κ3) is 10.3. The molecular weight excluding hydrogens is 568 g/mol. The topological polar surface area (TPSA) is 170 Å². The molecule has 0 fully saturated rings. The number of aliphatic hydroxyl groups excluding tert-OH is 1. The number of likely N-dealkylation sites (N-methyl/N-ethyl adjacent to an activating group) is 1. The molecule has 6 atom stereocenters. The van der Waals surface area contributed by atoms with E-state index in [-0.39, 0.29) is 34.9 Å². The molecule has 12 heteroatoms. The largest absolute Gasteiger partial charge is 0.439 e. The van der Waals surface area contributed by atoms with Gasteiger partial charge in [-0.05, 0) is 52.3 Å². The van der Waals surface area contributed by atoms with E-state index in [9.17, 15) is 24.3 Å². The Hall–Kier alpha value is -3.58. The van der Waals surface area contributed by atoms with Crippen LogP contribution in [0.1, 0.15) is 40.5 Å². The zero-order valence-electron chi connectivity index (χ0n) is 27.0. The molecule has 2 rings (SSSR count). The van der Waals surface area contributed by atoms with Crippen molar-refractivity contribution in [3.8, 4) is 0 Å². The Kier molecular flexibility index (Phi) is 14.2. The zero-order chi connectivity index (χ0) is 33.1. The number of hydrogen-bond acceptors (Lipinski definition) is 10. The van der Waals surface area contributed by atoms with Gasteiger partial charge in [0, 0.05) is 50.4 Å². The minimum Gasteiger partial charge on any atom is -0.439 e. The van der Waals surface area contributed by atoms with E-state index in [0.29, 0.717) is 25.1 Å². The van der Waals surface area contributed by atoms with Crippen LogP contribution in [0.25, 0.3) is 0 Å². The Morgan fingerprint density at radius 3 is 2.43 bits per heavy atom. The van der Waals surface area contributed by atoms with Crippen molar-refractivity contribution in [3.05, 3.63) is 58.5 Å². The number of nitrogens with one attached hydrogen (secondary N) is 2. The van der Waals surface area contributed by atoms with Gasteiger partial charge >= 0.3 is 6.09 Å². The van der Waals surface area contributed by atoms with Crippen LogP contribution in [0.4, 0.5) is 4.79 Å². The van der Waals surface area contributed by atoms with Crippen molar-refractivity contribution in [2.24, 2.45) is 17.6 Å². The predicted octanol–water partition coefficient (Wildman–Crippen LogP) is 1.91. The van der Waals surface area contributed by atoms with E-state index < -0.39 is 53.9 Å². The van der Waals surface area contributed by atoms with Crippen LogP contribution in [-0.4, -0.2) is 99.4 Å². The van der Waals surface area contributed by atoms with E-state index in [1.807, 2.05) is 32.8 Å². The Bertz CT molecular complexity index is 1230. The van der Waals surface area contributed by atoms with E-state index in [4.69, 9.17) is 19.9 Å². The number of carbonyl (C=O) groups excluding carboxylic acids is 4. The molecule has 44 heavy (non-hydrogen) atoms. The molecule has 1 aliphatic carbocycles. The molecule has 0 saturated carbocycles. The van der Waals surface area contributed by atoms with Crippen molar-refractivity contribution in [2.75, 3.05) is 41.4 Å². The molecule has 0 aromatic rings. The first kappa shape index (κ1) is 36.6. The number of nitrogens with two attached hydrogens (primary N) is 1. The number of ether oxygens (including phenoxy) is 3. The predicted molar refractivity (Wildman–Crippen MR) is 166 cm³/mol. The van der Waals surface area contributed by atoms with Gasteiger partial charge < -0.3 is 40.6 Å². The number of primary amides is 1. The number of carbonyl (C=O) groups is 4. The van der Waals surface area contributed by atoms with Crippen molar-refractivity contribution in [1.82, 2.24) is 15.5 Å². The van der Waals surface area contributed by atoms with Gasteiger partial charge in [-0.3, -0.25) is 14.4 Å². The van der Waals surface area contributed by atoms with Crippen LogP contribution >= 0.6 is 0 Å². The third-order valence-electron chi connectivity index (χ3n) is 7.65. The van der Waals surface area contributed by atoms with Gasteiger partial charge in [0.25, 0.3) is 5.91 Å². The summed E-state index contributed by atoms with van der Waals surface area (Å²) in [5.74, 6) is -2.06. The maximum absolute atomic E-state index is 13.7. The molecule has 5 N–H and O–H groups in total. The third-order valence-corrected chi connectivity index (χ3v) is 7.65. The van der Waals surface area contributed by atoms with Gasteiger partial charge in [0.1, 0.15) is 6.10 Å². The quantitative estimate of drug-likeness (QED) is 0.245. The average Bonchev–Trinajstić information content (AvgIpc) is 2.95. The molecule has 1 heterocycles. The SMILES string of the molecule is CO[C@H]1/C=C\C=C(\C)C(=O)NC2=CC(=O)C(NCCN(C)C)=C(C[C@H](C)C[C@H](OC)[C@H](O)[C@@H](C)/C=C(\C)[C@@H]1OC(N)=O)C2=O. The normalized spacial score (nSPS) is 31.0. The maximum atomic E-state index is 13.7. The monoisotopic (exact) mass is 616 g/mol. The summed E-state index contributed by atoms with van der Waals surface area (Å²) in [6.45, 7) is 8.09. The van der Waals surface area contributed by atoms with Crippen molar-refractivity contribution >= 4 is 23.6 Å². The summed E-state index contributed by atoms with van der Waals surface area (Å²) in [6.07, 6.45) is 3.88. The molecule has 1 aliphatic heterocycles. The summed E-state index contributed by atoms with van der Waals surface area (Å²) >= 11 is 0. The van der Waals surface area contributed by atoms with Crippen molar-refractivity contribution in [2.45, 2.75) is 65.0 Å². The highest BCUT2D eigenvalue weighted by Gasteiger charge is 2.33. The lowest BCUT2D eigenvalue weighted by Crippen LogP contribution is -2.38. The number of Topliss-reactive ketones (excluding diaryl/α,β-unsaturated/α-hetero) is 1. The zero-order valence-corrected chi connectivity index (χ0v) is 27.0. The van der Waals surface area contributed by atoms with Crippen LogP contribution in [0, 0.1) is 11.8 Å². The van der Waals surface area contributed by atoms with Gasteiger partial charge in [-0.1, -0.05) is 38.2 Å². The second-order valence-electron chi connectivity index (χ2n) is 11.7. The molecule has 244 valence electrons. The van der Waals surface area contributed by atoms with Gasteiger partial charge in [0.2, 0.25) is 11.6 Å². The van der Waals surface area contributed by atoms with Crippen molar-refractivity contribution in [3.63, 3.8) is 0 Å². The summed E-state index contributed by atoms with van der Waals surface area (Å²) in [7, 11) is 6.74. The van der Waals surface area contributed by atoms with E-state index in [1.54, 1.807) is 32.1 Å². The van der Waals surface area contributed by atoms with Crippen LogP contribution in [0.15, 0.2) is 58.5 Å². The fourth-order valence-corrected chi connectivity index (χ4v) is 5.18. The van der Waals surface area contributed by atoms with Crippen LogP contribution in [-0.2, 0) is 28.6 Å². The second kappa shape index (κ2) is 17.0. The summed E-state index contributed by atoms with van der Waals surface area (Å²) in [5.41, 5.74) is 6.55. The van der Waals surface area contributed by atoms with E-state index in [2.05, 4.69) is 10.6 Å². The molecule has 0 aromatic heterocycles. The van der Waals surface area contributed by atoms with Gasteiger partial charge in [-0.15, -0.1) is 0 Å². The lowest BCUT2D eigenvalue weighted by atomic mass is 9.85. The van der Waals surface area contributed by atoms with Gasteiger partial charge in [0.05, 0.1) is 23.6 Å². The van der Waals surface area contributed by atoms with Crippen LogP contribution < -0.4 is 16.4 Å². The molecule has 2 amide bonds. The van der Waals surface area contributed by atoms with Crippen LogP contribution in [0.2, 0.25) is 0 Å². The summed E-state index contributed by atoms with van der Waals surface area (Å²) < 4.78 is 16.6.